The zero-order valence-electron chi connectivity index (χ0n) is 7.33. The minimum absolute atomic E-state index is 0. The summed E-state index contributed by atoms with van der Waals surface area (Å²) < 4.78 is 11.6. The molecule has 0 aromatic heterocycles. The molecule has 1 aliphatic heterocycles. The molecule has 1 N–H and O–H groups in total. The Bertz CT molecular complexity index is 168. The van der Waals surface area contributed by atoms with Gasteiger partial charge in [0.1, 0.15) is 0 Å². The predicted octanol–water partition coefficient (Wildman–Crippen LogP) is 1.64. The third-order valence-electron chi connectivity index (χ3n) is 2.28. The Balaban J connectivity index is 0.000001000. The van der Waals surface area contributed by atoms with E-state index >= 15 is 0 Å². The first-order valence-electron chi connectivity index (χ1n) is 3.77. The Morgan fingerprint density at radius 2 is 1.91 bits per heavy atom. The zero-order chi connectivity index (χ0) is 7.78. The molecule has 2 atom stereocenters. The third-order valence-corrected chi connectivity index (χ3v) is 4.56. The van der Waals surface area contributed by atoms with E-state index in [9.17, 15) is 4.57 Å². The van der Waals surface area contributed by atoms with E-state index < -0.39 is 7.14 Å². The van der Waals surface area contributed by atoms with E-state index in [0.29, 0.717) is 11.6 Å². The van der Waals surface area contributed by atoms with Crippen LogP contribution in [0.5, 0.6) is 0 Å². The maximum Gasteiger partial charge on any atom is 0.0863 e. The Labute approximate surface area is 74.9 Å². The van der Waals surface area contributed by atoms with E-state index in [1.165, 1.54) is 0 Å². The third kappa shape index (κ3) is 2.77. The van der Waals surface area contributed by atoms with Crippen LogP contribution in [0.4, 0.5) is 0 Å². The summed E-state index contributed by atoms with van der Waals surface area (Å²) in [5.74, 6) is 0.598. The number of nitrogens with one attached hydrogen (secondary N) is 1. The average Bonchev–Trinajstić information content (AvgIpc) is 2.11. The molecule has 0 unspecified atom stereocenters. The topological polar surface area (TPSA) is 29.1 Å². The molecule has 0 radical (unpaired) electrons. The van der Waals surface area contributed by atoms with Gasteiger partial charge in [-0.05, 0) is 25.8 Å². The molecule has 0 aromatic rings. The van der Waals surface area contributed by atoms with Crippen LogP contribution in [0.3, 0.4) is 0 Å². The molecule has 68 valence electrons. The number of hydrogen-bond donors (Lipinski definition) is 1. The maximum absolute atomic E-state index is 11.6. The van der Waals surface area contributed by atoms with E-state index in [2.05, 4.69) is 12.2 Å². The molecule has 11 heavy (non-hydrogen) atoms. The first kappa shape index (κ1) is 11.5. The van der Waals surface area contributed by atoms with Crippen LogP contribution in [0.25, 0.3) is 0 Å². The molecule has 0 bridgehead atoms. The van der Waals surface area contributed by atoms with Gasteiger partial charge in [0.25, 0.3) is 0 Å². The smallest absolute Gasteiger partial charge is 0.0863 e. The lowest BCUT2D eigenvalue weighted by Crippen LogP contribution is -2.15. The predicted molar refractivity (Wildman–Crippen MR) is 52.5 cm³/mol. The van der Waals surface area contributed by atoms with Gasteiger partial charge >= 0.3 is 0 Å². The molecular formula is C7H17ClNOP. The Morgan fingerprint density at radius 1 is 1.36 bits per heavy atom. The largest absolute Gasteiger partial charge is 0.324 e. The van der Waals surface area contributed by atoms with Gasteiger partial charge in [0.2, 0.25) is 0 Å². The van der Waals surface area contributed by atoms with Crippen molar-refractivity contribution in [3.8, 4) is 0 Å². The van der Waals surface area contributed by atoms with Crippen LogP contribution in [-0.4, -0.2) is 32.1 Å². The van der Waals surface area contributed by atoms with Gasteiger partial charge in [0, 0.05) is 12.2 Å². The van der Waals surface area contributed by atoms with Crippen LogP contribution in [0.1, 0.15) is 6.92 Å². The van der Waals surface area contributed by atoms with Crippen molar-refractivity contribution >= 4 is 19.5 Å². The average molecular weight is 198 g/mol. The SMILES string of the molecule is C[C@@H]1CNC[C@@H]1P(C)(C)=O.Cl. The monoisotopic (exact) mass is 197 g/mol. The fourth-order valence-electron chi connectivity index (χ4n) is 1.63. The Morgan fingerprint density at radius 3 is 2.09 bits per heavy atom. The summed E-state index contributed by atoms with van der Waals surface area (Å²) in [7, 11) is -1.83. The van der Waals surface area contributed by atoms with Gasteiger partial charge in [-0.2, -0.15) is 0 Å². The molecule has 4 heteroatoms. The summed E-state index contributed by atoms with van der Waals surface area (Å²) in [6.07, 6.45) is 0. The van der Waals surface area contributed by atoms with Crippen LogP contribution < -0.4 is 5.32 Å². The van der Waals surface area contributed by atoms with Gasteiger partial charge in [-0.25, -0.2) is 0 Å². The van der Waals surface area contributed by atoms with Gasteiger partial charge in [-0.15, -0.1) is 12.4 Å². The van der Waals surface area contributed by atoms with Crippen molar-refractivity contribution in [2.24, 2.45) is 5.92 Å². The second-order valence-electron chi connectivity index (χ2n) is 3.64. The fraction of sp³-hybridized carbons (Fsp3) is 1.00. The highest BCUT2D eigenvalue weighted by atomic mass is 35.5. The number of hydrogen-bond acceptors (Lipinski definition) is 2. The summed E-state index contributed by atoms with van der Waals surface area (Å²) in [6, 6.07) is 0. The molecule has 0 amide bonds. The molecule has 1 fully saturated rings. The molecule has 0 spiro atoms. The zero-order valence-corrected chi connectivity index (χ0v) is 9.04. The summed E-state index contributed by atoms with van der Waals surface area (Å²) >= 11 is 0. The lowest BCUT2D eigenvalue weighted by molar-refractivity contribution is 0.557. The van der Waals surface area contributed by atoms with Gasteiger partial charge in [-0.1, -0.05) is 6.92 Å². The van der Waals surface area contributed by atoms with Crippen molar-refractivity contribution in [1.82, 2.24) is 5.32 Å². The van der Waals surface area contributed by atoms with E-state index in [1.807, 2.05) is 13.3 Å². The van der Waals surface area contributed by atoms with Gasteiger partial charge in [0.15, 0.2) is 0 Å². The van der Waals surface area contributed by atoms with Crippen LogP contribution in [0.15, 0.2) is 0 Å². The van der Waals surface area contributed by atoms with E-state index in [1.54, 1.807) is 0 Å². The van der Waals surface area contributed by atoms with Crippen molar-refractivity contribution < 1.29 is 4.57 Å². The van der Waals surface area contributed by atoms with Crippen molar-refractivity contribution in [2.45, 2.75) is 12.6 Å². The second-order valence-corrected chi connectivity index (χ2v) is 7.17. The van der Waals surface area contributed by atoms with Crippen LogP contribution >= 0.6 is 19.5 Å². The minimum atomic E-state index is -1.83. The first-order chi connectivity index (χ1) is 4.52. The number of rotatable bonds is 1. The standard InChI is InChI=1S/C7H16NOP.ClH/c1-6-4-8-5-7(6)10(2,3)9;/h6-8H,4-5H2,1-3H3;1H/t6-,7+;/m1./s1. The molecule has 0 aromatic carbocycles. The molecular weight excluding hydrogens is 181 g/mol. The molecule has 2 nitrogen and oxygen atoms in total. The van der Waals surface area contributed by atoms with Crippen LogP contribution in [0, 0.1) is 5.92 Å². The van der Waals surface area contributed by atoms with E-state index in [-0.39, 0.29) is 12.4 Å². The molecule has 1 rings (SSSR count). The van der Waals surface area contributed by atoms with Crippen molar-refractivity contribution in [3.63, 3.8) is 0 Å². The normalized spacial score (nSPS) is 31.5. The summed E-state index contributed by atoms with van der Waals surface area (Å²) in [5, 5.41) is 3.26. The maximum atomic E-state index is 11.6. The fourth-order valence-corrected chi connectivity index (χ4v) is 3.53. The molecule has 1 saturated heterocycles. The quantitative estimate of drug-likeness (QED) is 0.648. The lowest BCUT2D eigenvalue weighted by atomic mass is 10.1. The van der Waals surface area contributed by atoms with Crippen molar-refractivity contribution in [2.75, 3.05) is 26.4 Å². The van der Waals surface area contributed by atoms with E-state index in [0.717, 1.165) is 13.1 Å². The van der Waals surface area contributed by atoms with Gasteiger partial charge in [0.05, 0.1) is 7.14 Å². The Hall–Kier alpha value is 0.480. The second kappa shape index (κ2) is 3.93. The minimum Gasteiger partial charge on any atom is -0.324 e. The van der Waals surface area contributed by atoms with Gasteiger partial charge < -0.3 is 9.88 Å². The summed E-state index contributed by atoms with van der Waals surface area (Å²) in [5.41, 5.74) is 0.424. The Kier molecular flexibility index (Phi) is 4.10. The van der Waals surface area contributed by atoms with Crippen LogP contribution in [0.2, 0.25) is 0 Å². The van der Waals surface area contributed by atoms with Crippen LogP contribution in [-0.2, 0) is 4.57 Å². The molecule has 0 aliphatic carbocycles. The molecule has 1 aliphatic rings. The summed E-state index contributed by atoms with van der Waals surface area (Å²) in [4.78, 5) is 0. The molecule has 0 saturated carbocycles. The highest BCUT2D eigenvalue weighted by Gasteiger charge is 2.32. The molecule has 1 heterocycles. The lowest BCUT2D eigenvalue weighted by Gasteiger charge is -2.18. The van der Waals surface area contributed by atoms with Crippen molar-refractivity contribution in [1.29, 1.82) is 0 Å². The van der Waals surface area contributed by atoms with Gasteiger partial charge in [-0.3, -0.25) is 0 Å². The highest BCUT2D eigenvalue weighted by Crippen LogP contribution is 2.46. The first-order valence-corrected chi connectivity index (χ1v) is 6.44. The summed E-state index contributed by atoms with van der Waals surface area (Å²) in [6.45, 7) is 7.94. The van der Waals surface area contributed by atoms with E-state index in [4.69, 9.17) is 0 Å². The highest BCUT2D eigenvalue weighted by molar-refractivity contribution is 7.63. The number of halogens is 1. The van der Waals surface area contributed by atoms with Crippen molar-refractivity contribution in [3.05, 3.63) is 0 Å².